The number of hydrogen-bond acceptors (Lipinski definition) is 6. The highest BCUT2D eigenvalue weighted by atomic mass is 16.5. The smallest absolute Gasteiger partial charge is 0.320 e. The molecule has 0 unspecified atom stereocenters. The fraction of sp³-hybridized carbons (Fsp3) is 0.105. The molecule has 26 heavy (non-hydrogen) atoms. The van der Waals surface area contributed by atoms with E-state index < -0.39 is 0 Å². The van der Waals surface area contributed by atoms with Crippen molar-refractivity contribution in [2.75, 3.05) is 11.9 Å². The number of nitrogens with zero attached hydrogens (tertiary/aromatic N) is 2. The molecule has 2 aromatic heterocycles. The molecular weight excluding hydrogens is 332 g/mol. The van der Waals surface area contributed by atoms with Gasteiger partial charge in [0.2, 0.25) is 0 Å². The number of para-hydroxylation sites is 1. The van der Waals surface area contributed by atoms with Crippen LogP contribution in [0.3, 0.4) is 0 Å². The molecule has 0 spiro atoms. The number of H-pyrrole nitrogens is 1. The first-order chi connectivity index (χ1) is 12.7. The topological polar surface area (TPSA) is 93.0 Å². The number of carbonyl (C=O) groups excluding carboxylic acids is 1. The van der Waals surface area contributed by atoms with Crippen molar-refractivity contribution < 1.29 is 13.9 Å². The molecule has 2 aromatic carbocycles. The Morgan fingerprint density at radius 2 is 1.96 bits per heavy atom. The first-order valence-electron chi connectivity index (χ1n) is 8.19. The minimum atomic E-state index is -0.324. The summed E-state index contributed by atoms with van der Waals surface area (Å²) < 4.78 is 10.9. The van der Waals surface area contributed by atoms with Crippen LogP contribution in [-0.2, 0) is 0 Å². The highest BCUT2D eigenvalue weighted by molar-refractivity contribution is 6.14. The molecule has 0 aliphatic rings. The van der Waals surface area contributed by atoms with Crippen molar-refractivity contribution in [3.63, 3.8) is 0 Å². The van der Waals surface area contributed by atoms with E-state index in [0.717, 1.165) is 22.3 Å². The van der Waals surface area contributed by atoms with Crippen molar-refractivity contribution in [2.24, 2.45) is 0 Å². The second kappa shape index (κ2) is 6.72. The Labute approximate surface area is 149 Å². The largest absolute Gasteiger partial charge is 0.494 e. The van der Waals surface area contributed by atoms with Crippen LogP contribution in [0, 0.1) is 0 Å². The minimum Gasteiger partial charge on any atom is -0.494 e. The molecule has 4 rings (SSSR count). The van der Waals surface area contributed by atoms with Crippen LogP contribution >= 0.6 is 0 Å². The maximum absolute atomic E-state index is 12.6. The summed E-state index contributed by atoms with van der Waals surface area (Å²) in [5, 5.41) is 11.5. The van der Waals surface area contributed by atoms with Gasteiger partial charge in [-0.3, -0.25) is 4.79 Å². The Balaban J connectivity index is 1.53. The van der Waals surface area contributed by atoms with Gasteiger partial charge in [0.15, 0.2) is 0 Å². The lowest BCUT2D eigenvalue weighted by molar-refractivity contribution is 0.100. The van der Waals surface area contributed by atoms with Crippen molar-refractivity contribution in [2.45, 2.75) is 6.92 Å². The van der Waals surface area contributed by atoms with Gasteiger partial charge in [-0.25, -0.2) is 0 Å². The van der Waals surface area contributed by atoms with Gasteiger partial charge in [0, 0.05) is 22.8 Å². The predicted octanol–water partition coefficient (Wildman–Crippen LogP) is 3.92. The molecule has 2 heterocycles. The monoisotopic (exact) mass is 348 g/mol. The van der Waals surface area contributed by atoms with Crippen molar-refractivity contribution in [3.8, 4) is 5.75 Å². The van der Waals surface area contributed by atoms with E-state index in [4.69, 9.17) is 9.15 Å². The van der Waals surface area contributed by atoms with Crippen LogP contribution in [0.1, 0.15) is 23.2 Å². The van der Waals surface area contributed by atoms with Crippen LogP contribution in [0.25, 0.3) is 10.9 Å². The Morgan fingerprint density at radius 1 is 1.15 bits per heavy atom. The summed E-state index contributed by atoms with van der Waals surface area (Å²) in [6, 6.07) is 15.0. The Hall–Kier alpha value is -3.61. The number of ketones is 1. The van der Waals surface area contributed by atoms with Gasteiger partial charge in [-0.15, -0.1) is 5.10 Å². The van der Waals surface area contributed by atoms with Crippen LogP contribution in [-0.4, -0.2) is 27.6 Å². The number of fused-ring (bicyclic) bond motifs is 1. The zero-order chi connectivity index (χ0) is 17.9. The van der Waals surface area contributed by atoms with Crippen LogP contribution in [0.15, 0.2) is 59.1 Å². The van der Waals surface area contributed by atoms with Gasteiger partial charge in [0.05, 0.1) is 12.2 Å². The highest BCUT2D eigenvalue weighted by Gasteiger charge is 2.20. The minimum absolute atomic E-state index is 0.0665. The third-order valence-electron chi connectivity index (χ3n) is 3.87. The average Bonchev–Trinajstić information content (AvgIpc) is 3.30. The summed E-state index contributed by atoms with van der Waals surface area (Å²) in [6.07, 6.45) is 1.65. The van der Waals surface area contributed by atoms with Crippen molar-refractivity contribution in [1.29, 1.82) is 0 Å². The lowest BCUT2D eigenvalue weighted by atomic mass is 10.1. The van der Waals surface area contributed by atoms with Crippen LogP contribution in [0.2, 0.25) is 0 Å². The molecule has 0 radical (unpaired) electrons. The molecule has 0 bridgehead atoms. The molecule has 0 saturated heterocycles. The normalized spacial score (nSPS) is 10.8. The lowest BCUT2D eigenvalue weighted by Crippen LogP contribution is -2.00. The predicted molar refractivity (Wildman–Crippen MR) is 96.9 cm³/mol. The molecule has 0 aliphatic heterocycles. The van der Waals surface area contributed by atoms with E-state index in [1.165, 1.54) is 0 Å². The fourth-order valence-electron chi connectivity index (χ4n) is 2.66. The van der Waals surface area contributed by atoms with Gasteiger partial charge < -0.3 is 19.5 Å². The third kappa shape index (κ3) is 3.02. The summed E-state index contributed by atoms with van der Waals surface area (Å²) in [5.41, 5.74) is 2.13. The number of benzene rings is 2. The van der Waals surface area contributed by atoms with E-state index in [2.05, 4.69) is 20.5 Å². The van der Waals surface area contributed by atoms with Crippen LogP contribution in [0.5, 0.6) is 5.75 Å². The molecule has 0 aliphatic carbocycles. The molecule has 0 fully saturated rings. The molecule has 0 amide bonds. The number of aromatic amines is 1. The standard InChI is InChI=1S/C19H16N4O3/c1-2-25-13-9-7-12(8-10-13)21-19-23-22-18(26-19)17(24)15-11-20-16-6-4-3-5-14(15)16/h3-11,20H,2H2,1H3,(H,21,23). The molecule has 7 nitrogen and oxygen atoms in total. The summed E-state index contributed by atoms with van der Waals surface area (Å²) >= 11 is 0. The van der Waals surface area contributed by atoms with Crippen LogP contribution in [0.4, 0.5) is 11.7 Å². The number of ether oxygens (including phenoxy) is 1. The number of aromatic nitrogens is 3. The fourth-order valence-corrected chi connectivity index (χ4v) is 2.66. The number of anilines is 2. The van der Waals surface area contributed by atoms with Crippen molar-refractivity contribution >= 4 is 28.4 Å². The summed E-state index contributed by atoms with van der Waals surface area (Å²) in [7, 11) is 0. The molecule has 2 N–H and O–H groups in total. The van der Waals surface area contributed by atoms with Gasteiger partial charge in [-0.1, -0.05) is 23.3 Å². The van der Waals surface area contributed by atoms with Crippen LogP contribution < -0.4 is 10.1 Å². The number of nitrogens with one attached hydrogen (secondary N) is 2. The molecule has 0 saturated carbocycles. The first-order valence-corrected chi connectivity index (χ1v) is 8.19. The highest BCUT2D eigenvalue weighted by Crippen LogP contribution is 2.23. The van der Waals surface area contributed by atoms with E-state index in [1.807, 2.05) is 55.5 Å². The van der Waals surface area contributed by atoms with E-state index in [-0.39, 0.29) is 17.7 Å². The van der Waals surface area contributed by atoms with E-state index in [9.17, 15) is 4.79 Å². The third-order valence-corrected chi connectivity index (χ3v) is 3.87. The summed E-state index contributed by atoms with van der Waals surface area (Å²) in [6.45, 7) is 2.53. The second-order valence-corrected chi connectivity index (χ2v) is 5.57. The van der Waals surface area contributed by atoms with Crippen molar-refractivity contribution in [3.05, 3.63) is 66.2 Å². The quantitative estimate of drug-likeness (QED) is 0.513. The average molecular weight is 348 g/mol. The number of rotatable bonds is 6. The maximum atomic E-state index is 12.6. The Bertz CT molecular complexity index is 1050. The molecule has 0 atom stereocenters. The number of hydrogen-bond donors (Lipinski definition) is 2. The number of carbonyl (C=O) groups is 1. The van der Waals surface area contributed by atoms with E-state index >= 15 is 0 Å². The molecule has 7 heteroatoms. The molecule has 4 aromatic rings. The summed E-state index contributed by atoms with van der Waals surface area (Å²) in [4.78, 5) is 15.7. The lowest BCUT2D eigenvalue weighted by Gasteiger charge is -2.04. The van der Waals surface area contributed by atoms with E-state index in [1.54, 1.807) is 6.20 Å². The molecule has 130 valence electrons. The van der Waals surface area contributed by atoms with Gasteiger partial charge in [-0.2, -0.15) is 0 Å². The zero-order valence-electron chi connectivity index (χ0n) is 14.0. The van der Waals surface area contributed by atoms with Gasteiger partial charge in [0.25, 0.3) is 11.7 Å². The van der Waals surface area contributed by atoms with Gasteiger partial charge in [-0.05, 0) is 37.3 Å². The van der Waals surface area contributed by atoms with Gasteiger partial charge >= 0.3 is 6.01 Å². The summed E-state index contributed by atoms with van der Waals surface area (Å²) in [5.74, 6) is 0.386. The van der Waals surface area contributed by atoms with Crippen molar-refractivity contribution in [1.82, 2.24) is 15.2 Å². The maximum Gasteiger partial charge on any atom is 0.320 e. The van der Waals surface area contributed by atoms with E-state index in [0.29, 0.717) is 12.2 Å². The first kappa shape index (κ1) is 15.9. The SMILES string of the molecule is CCOc1ccc(Nc2nnc(C(=O)c3c[nH]c4ccccc34)o2)cc1. The molecular formula is C19H16N4O3. The van der Waals surface area contributed by atoms with Gasteiger partial charge in [0.1, 0.15) is 5.75 Å². The Morgan fingerprint density at radius 3 is 2.77 bits per heavy atom. The Kier molecular flexibility index (Phi) is 4.10. The second-order valence-electron chi connectivity index (χ2n) is 5.57. The zero-order valence-corrected chi connectivity index (χ0v) is 14.0.